The number of nitrogens with zero attached hydrogens (tertiary/aromatic N) is 1. The minimum Gasteiger partial charge on any atom is -0.378 e. The number of piperidine rings is 1. The van der Waals surface area contributed by atoms with Crippen molar-refractivity contribution in [3.8, 4) is 12.3 Å². The van der Waals surface area contributed by atoms with Gasteiger partial charge in [0, 0.05) is 32.5 Å². The van der Waals surface area contributed by atoms with Crippen LogP contribution in [0.1, 0.15) is 26.7 Å². The summed E-state index contributed by atoms with van der Waals surface area (Å²) in [6, 6.07) is 0. The minimum absolute atomic E-state index is 0.692. The molecule has 13 heavy (non-hydrogen) atoms. The second-order valence-corrected chi connectivity index (χ2v) is 4.37. The van der Waals surface area contributed by atoms with E-state index in [1.54, 1.807) is 0 Å². The van der Waals surface area contributed by atoms with Gasteiger partial charge in [0.15, 0.2) is 0 Å². The van der Waals surface area contributed by atoms with Crippen LogP contribution in [0.4, 0.5) is 0 Å². The van der Waals surface area contributed by atoms with Crippen molar-refractivity contribution in [1.82, 2.24) is 4.90 Å². The van der Waals surface area contributed by atoms with E-state index in [1.165, 1.54) is 0 Å². The van der Waals surface area contributed by atoms with Crippen molar-refractivity contribution in [1.29, 1.82) is 0 Å². The van der Waals surface area contributed by atoms with Crippen molar-refractivity contribution in [2.24, 2.45) is 5.92 Å². The molecule has 0 radical (unpaired) electrons. The van der Waals surface area contributed by atoms with Crippen LogP contribution >= 0.6 is 0 Å². The fourth-order valence-electron chi connectivity index (χ4n) is 1.77. The summed E-state index contributed by atoms with van der Waals surface area (Å²) in [5, 5.41) is 9.77. The van der Waals surface area contributed by atoms with Gasteiger partial charge < -0.3 is 10.0 Å². The largest absolute Gasteiger partial charge is 0.378 e. The maximum Gasteiger partial charge on any atom is 0.127 e. The summed E-state index contributed by atoms with van der Waals surface area (Å²) in [6.07, 6.45) is 6.70. The molecular formula is C11H19NO. The maximum absolute atomic E-state index is 9.77. The summed E-state index contributed by atoms with van der Waals surface area (Å²) in [6.45, 7) is 7.39. The third-order valence-electron chi connectivity index (χ3n) is 2.58. The predicted molar refractivity (Wildman–Crippen MR) is 54.3 cm³/mol. The summed E-state index contributed by atoms with van der Waals surface area (Å²) in [7, 11) is 0. The van der Waals surface area contributed by atoms with Gasteiger partial charge in [-0.15, -0.1) is 6.42 Å². The van der Waals surface area contributed by atoms with Crippen LogP contribution in [0, 0.1) is 18.3 Å². The summed E-state index contributed by atoms with van der Waals surface area (Å²) in [5.74, 6) is 3.17. The molecule has 0 aliphatic carbocycles. The van der Waals surface area contributed by atoms with Crippen molar-refractivity contribution in [2.45, 2.75) is 32.3 Å². The molecule has 0 spiro atoms. The normalized spacial score (nSPS) is 23.0. The van der Waals surface area contributed by atoms with Crippen molar-refractivity contribution < 1.29 is 5.11 Å². The van der Waals surface area contributed by atoms with Gasteiger partial charge in [-0.25, -0.2) is 0 Å². The lowest BCUT2D eigenvalue weighted by molar-refractivity contribution is 0.0240. The topological polar surface area (TPSA) is 23.5 Å². The van der Waals surface area contributed by atoms with Gasteiger partial charge in [-0.2, -0.15) is 0 Å². The summed E-state index contributed by atoms with van der Waals surface area (Å²) in [5.41, 5.74) is -0.826. The van der Waals surface area contributed by atoms with Crippen LogP contribution in [-0.4, -0.2) is 35.2 Å². The van der Waals surface area contributed by atoms with E-state index in [2.05, 4.69) is 24.7 Å². The highest BCUT2D eigenvalue weighted by Gasteiger charge is 2.29. The molecule has 0 aromatic carbocycles. The van der Waals surface area contributed by atoms with E-state index in [9.17, 15) is 5.11 Å². The molecule has 0 bridgehead atoms. The summed E-state index contributed by atoms with van der Waals surface area (Å²) < 4.78 is 0. The molecule has 0 aromatic rings. The number of hydrogen-bond acceptors (Lipinski definition) is 2. The molecule has 2 heteroatoms. The predicted octanol–water partition coefficient (Wildman–Crippen LogP) is 1.10. The molecular weight excluding hydrogens is 162 g/mol. The summed E-state index contributed by atoms with van der Waals surface area (Å²) in [4.78, 5) is 2.37. The van der Waals surface area contributed by atoms with Crippen molar-refractivity contribution in [3.05, 3.63) is 0 Å². The van der Waals surface area contributed by atoms with Crippen molar-refractivity contribution in [2.75, 3.05) is 19.6 Å². The number of rotatable bonds is 2. The van der Waals surface area contributed by atoms with E-state index in [-0.39, 0.29) is 0 Å². The molecule has 1 N–H and O–H groups in total. The number of likely N-dealkylation sites (tertiary alicyclic amines) is 1. The zero-order valence-corrected chi connectivity index (χ0v) is 8.58. The first-order valence-corrected chi connectivity index (χ1v) is 4.98. The van der Waals surface area contributed by atoms with Gasteiger partial charge in [-0.1, -0.05) is 19.8 Å². The first-order valence-electron chi connectivity index (χ1n) is 4.98. The Kier molecular flexibility index (Phi) is 3.35. The van der Waals surface area contributed by atoms with Crippen LogP contribution < -0.4 is 0 Å². The van der Waals surface area contributed by atoms with Gasteiger partial charge in [0.05, 0.1) is 0 Å². The van der Waals surface area contributed by atoms with E-state index in [1.807, 2.05) is 0 Å². The molecule has 1 aliphatic rings. The Morgan fingerprint density at radius 3 is 2.38 bits per heavy atom. The standard InChI is InChI=1S/C11H19NO/c1-4-11(13)5-7-12(8-6-11)9-10(2)3/h1,10,13H,5-9H2,2-3H3. The lowest BCUT2D eigenvalue weighted by atomic mass is 9.92. The number of terminal acetylenes is 1. The van der Waals surface area contributed by atoms with Gasteiger partial charge in [0.1, 0.15) is 5.60 Å². The third kappa shape index (κ3) is 3.02. The second-order valence-electron chi connectivity index (χ2n) is 4.37. The monoisotopic (exact) mass is 181 g/mol. The number of hydrogen-bond donors (Lipinski definition) is 1. The number of aliphatic hydroxyl groups is 1. The molecule has 0 saturated carbocycles. The molecule has 0 aromatic heterocycles. The molecule has 0 amide bonds. The Morgan fingerprint density at radius 1 is 1.46 bits per heavy atom. The average molecular weight is 181 g/mol. The zero-order chi connectivity index (χ0) is 9.90. The van der Waals surface area contributed by atoms with E-state index in [0.29, 0.717) is 5.92 Å². The lowest BCUT2D eigenvalue weighted by Gasteiger charge is -2.35. The van der Waals surface area contributed by atoms with Gasteiger partial charge in [-0.05, 0) is 5.92 Å². The summed E-state index contributed by atoms with van der Waals surface area (Å²) >= 11 is 0. The highest BCUT2D eigenvalue weighted by atomic mass is 16.3. The van der Waals surface area contributed by atoms with E-state index in [4.69, 9.17) is 6.42 Å². The molecule has 1 aliphatic heterocycles. The molecule has 1 rings (SSSR count). The first-order chi connectivity index (χ1) is 6.06. The second kappa shape index (κ2) is 4.13. The quantitative estimate of drug-likeness (QED) is 0.645. The van der Waals surface area contributed by atoms with Crippen LogP contribution in [0.25, 0.3) is 0 Å². The Balaban J connectivity index is 2.36. The molecule has 0 unspecified atom stereocenters. The molecule has 1 fully saturated rings. The van der Waals surface area contributed by atoms with Crippen molar-refractivity contribution in [3.63, 3.8) is 0 Å². The van der Waals surface area contributed by atoms with E-state index in [0.717, 1.165) is 32.5 Å². The van der Waals surface area contributed by atoms with Gasteiger partial charge in [0.25, 0.3) is 0 Å². The van der Waals surface area contributed by atoms with E-state index < -0.39 is 5.60 Å². The molecule has 1 heterocycles. The highest BCUT2D eigenvalue weighted by molar-refractivity contribution is 5.09. The van der Waals surface area contributed by atoms with Crippen LogP contribution in [0.5, 0.6) is 0 Å². The maximum atomic E-state index is 9.77. The SMILES string of the molecule is C#CC1(O)CCN(CC(C)C)CC1. The van der Waals surface area contributed by atoms with Crippen LogP contribution in [0.2, 0.25) is 0 Å². The molecule has 2 nitrogen and oxygen atoms in total. The molecule has 74 valence electrons. The third-order valence-corrected chi connectivity index (χ3v) is 2.58. The minimum atomic E-state index is -0.826. The molecule has 0 atom stereocenters. The van der Waals surface area contributed by atoms with Gasteiger partial charge in [0.2, 0.25) is 0 Å². The average Bonchev–Trinajstić information content (AvgIpc) is 2.09. The highest BCUT2D eigenvalue weighted by Crippen LogP contribution is 2.21. The van der Waals surface area contributed by atoms with E-state index >= 15 is 0 Å². The fraction of sp³-hybridized carbons (Fsp3) is 0.818. The first kappa shape index (κ1) is 10.6. The van der Waals surface area contributed by atoms with Crippen molar-refractivity contribution >= 4 is 0 Å². The van der Waals surface area contributed by atoms with Crippen LogP contribution in [0.3, 0.4) is 0 Å². The zero-order valence-electron chi connectivity index (χ0n) is 8.58. The smallest absolute Gasteiger partial charge is 0.127 e. The Hall–Kier alpha value is -0.520. The Bertz CT molecular complexity index is 197. The Labute approximate surface area is 80.9 Å². The fourth-order valence-corrected chi connectivity index (χ4v) is 1.77. The Morgan fingerprint density at radius 2 is 2.00 bits per heavy atom. The molecule has 1 saturated heterocycles. The van der Waals surface area contributed by atoms with Gasteiger partial charge >= 0.3 is 0 Å². The van der Waals surface area contributed by atoms with Gasteiger partial charge in [-0.3, -0.25) is 0 Å². The van der Waals surface area contributed by atoms with Crippen LogP contribution in [0.15, 0.2) is 0 Å². The van der Waals surface area contributed by atoms with Crippen LogP contribution in [-0.2, 0) is 0 Å². The lowest BCUT2D eigenvalue weighted by Crippen LogP contribution is -2.44.